The number of hydrogen-bond acceptors (Lipinski definition) is 1. The fourth-order valence-corrected chi connectivity index (χ4v) is 2.07. The summed E-state index contributed by atoms with van der Waals surface area (Å²) in [6, 6.07) is 13.8. The molecule has 20 heavy (non-hydrogen) atoms. The molecule has 0 N–H and O–H groups in total. The second-order valence-electron chi connectivity index (χ2n) is 5.01. The first-order chi connectivity index (χ1) is 9.49. The third-order valence-corrected chi connectivity index (χ3v) is 3.53. The first-order valence-electron chi connectivity index (χ1n) is 6.58. The third kappa shape index (κ3) is 3.05. The second-order valence-corrected chi connectivity index (χ2v) is 5.01. The van der Waals surface area contributed by atoms with Gasteiger partial charge in [0.25, 0.3) is 5.91 Å². The molecule has 0 radical (unpaired) electrons. The average Bonchev–Trinajstić information content (AvgIpc) is 2.46. The summed E-state index contributed by atoms with van der Waals surface area (Å²) in [5.74, 6) is -0.579. The Morgan fingerprint density at radius 3 is 2.40 bits per heavy atom. The highest BCUT2D eigenvalue weighted by Gasteiger charge is 2.19. The normalized spacial score (nSPS) is 12.0. The van der Waals surface area contributed by atoms with Crippen LogP contribution in [-0.4, -0.2) is 17.9 Å². The Kier molecular flexibility index (Phi) is 4.18. The summed E-state index contributed by atoms with van der Waals surface area (Å²) in [6.07, 6.45) is 0. The van der Waals surface area contributed by atoms with E-state index < -0.39 is 5.82 Å². The van der Waals surface area contributed by atoms with Crippen molar-refractivity contribution in [2.24, 2.45) is 0 Å². The van der Waals surface area contributed by atoms with E-state index >= 15 is 0 Å². The van der Waals surface area contributed by atoms with Crippen LogP contribution in [0.25, 0.3) is 0 Å². The fourth-order valence-electron chi connectivity index (χ4n) is 2.07. The molecule has 2 rings (SSSR count). The molecule has 0 heterocycles. The maximum Gasteiger partial charge on any atom is 0.254 e. The molecular formula is C17H18FNO. The number of amides is 1. The second kappa shape index (κ2) is 5.87. The van der Waals surface area contributed by atoms with Crippen molar-refractivity contribution in [2.45, 2.75) is 19.9 Å². The number of benzene rings is 2. The van der Waals surface area contributed by atoms with Gasteiger partial charge in [0, 0.05) is 12.6 Å². The van der Waals surface area contributed by atoms with Gasteiger partial charge >= 0.3 is 0 Å². The summed E-state index contributed by atoms with van der Waals surface area (Å²) in [4.78, 5) is 14.0. The molecular weight excluding hydrogens is 253 g/mol. The van der Waals surface area contributed by atoms with E-state index in [0.717, 1.165) is 5.56 Å². The van der Waals surface area contributed by atoms with Gasteiger partial charge in [0.05, 0.1) is 6.04 Å². The van der Waals surface area contributed by atoms with Gasteiger partial charge in [-0.3, -0.25) is 4.79 Å². The Labute approximate surface area is 118 Å². The molecule has 0 aliphatic heterocycles. The highest BCUT2D eigenvalue weighted by atomic mass is 19.1. The van der Waals surface area contributed by atoms with Gasteiger partial charge in [-0.2, -0.15) is 0 Å². The molecule has 1 amide bonds. The van der Waals surface area contributed by atoms with Crippen LogP contribution in [0.3, 0.4) is 0 Å². The van der Waals surface area contributed by atoms with Crippen molar-refractivity contribution in [1.82, 2.24) is 4.90 Å². The lowest BCUT2D eigenvalue weighted by atomic mass is 10.0. The Balaban J connectivity index is 2.20. The van der Waals surface area contributed by atoms with Crippen LogP contribution in [-0.2, 0) is 0 Å². The van der Waals surface area contributed by atoms with E-state index in [0.29, 0.717) is 5.56 Å². The molecule has 2 aromatic carbocycles. The quantitative estimate of drug-likeness (QED) is 0.827. The molecule has 104 valence electrons. The lowest BCUT2D eigenvalue weighted by Crippen LogP contribution is -2.29. The Morgan fingerprint density at radius 2 is 1.80 bits per heavy atom. The molecule has 2 aromatic rings. The average molecular weight is 271 g/mol. The van der Waals surface area contributed by atoms with E-state index in [-0.39, 0.29) is 11.9 Å². The van der Waals surface area contributed by atoms with Gasteiger partial charge in [-0.25, -0.2) is 4.39 Å². The van der Waals surface area contributed by atoms with Gasteiger partial charge in [-0.15, -0.1) is 0 Å². The van der Waals surface area contributed by atoms with Crippen LogP contribution in [0.15, 0.2) is 48.5 Å². The summed E-state index contributed by atoms with van der Waals surface area (Å²) >= 11 is 0. The Bertz CT molecular complexity index is 607. The molecule has 0 fully saturated rings. The van der Waals surface area contributed by atoms with E-state index in [4.69, 9.17) is 0 Å². The summed E-state index contributed by atoms with van der Waals surface area (Å²) in [5, 5.41) is 0. The molecule has 0 saturated carbocycles. The number of hydrogen-bond donors (Lipinski definition) is 0. The molecule has 1 atom stereocenters. The van der Waals surface area contributed by atoms with E-state index in [9.17, 15) is 9.18 Å². The number of nitrogens with zero attached hydrogens (tertiary/aromatic N) is 1. The molecule has 0 spiro atoms. The molecule has 2 nitrogen and oxygen atoms in total. The minimum atomic E-state index is -0.396. The van der Waals surface area contributed by atoms with E-state index in [1.54, 1.807) is 24.1 Å². The predicted molar refractivity (Wildman–Crippen MR) is 78.1 cm³/mol. The summed E-state index contributed by atoms with van der Waals surface area (Å²) in [5.41, 5.74) is 2.61. The van der Waals surface area contributed by atoms with Crippen molar-refractivity contribution >= 4 is 5.91 Å². The summed E-state index contributed by atoms with van der Waals surface area (Å²) in [7, 11) is 1.73. The van der Waals surface area contributed by atoms with Crippen LogP contribution in [0.4, 0.5) is 4.39 Å². The number of carbonyl (C=O) groups is 1. The maximum absolute atomic E-state index is 13.2. The van der Waals surface area contributed by atoms with E-state index in [2.05, 4.69) is 0 Å². The van der Waals surface area contributed by atoms with Crippen molar-refractivity contribution < 1.29 is 9.18 Å². The molecule has 3 heteroatoms. The standard InChI is InChI=1S/C17H18FNO/c1-12-7-9-14(10-8-12)13(2)19(3)17(20)15-5-4-6-16(18)11-15/h4-11,13H,1-3H3. The topological polar surface area (TPSA) is 20.3 Å². The number of rotatable bonds is 3. The minimum absolute atomic E-state index is 0.0635. The molecule has 0 aromatic heterocycles. The first kappa shape index (κ1) is 14.3. The van der Waals surface area contributed by atoms with Crippen molar-refractivity contribution in [3.05, 3.63) is 71.0 Å². The Hall–Kier alpha value is -2.16. The Morgan fingerprint density at radius 1 is 1.15 bits per heavy atom. The lowest BCUT2D eigenvalue weighted by Gasteiger charge is -2.25. The van der Waals surface area contributed by atoms with Crippen LogP contribution in [0.2, 0.25) is 0 Å². The van der Waals surface area contributed by atoms with Crippen LogP contribution in [0, 0.1) is 12.7 Å². The van der Waals surface area contributed by atoms with Crippen LogP contribution >= 0.6 is 0 Å². The van der Waals surface area contributed by atoms with Gasteiger partial charge in [0.1, 0.15) is 5.82 Å². The molecule has 1 unspecified atom stereocenters. The van der Waals surface area contributed by atoms with E-state index in [1.807, 2.05) is 38.1 Å². The van der Waals surface area contributed by atoms with Crippen molar-refractivity contribution in [3.8, 4) is 0 Å². The molecule has 0 bridgehead atoms. The van der Waals surface area contributed by atoms with Gasteiger partial charge in [-0.05, 0) is 37.6 Å². The largest absolute Gasteiger partial charge is 0.335 e. The lowest BCUT2D eigenvalue weighted by molar-refractivity contribution is 0.0742. The smallest absolute Gasteiger partial charge is 0.254 e. The van der Waals surface area contributed by atoms with Gasteiger partial charge in [-0.1, -0.05) is 35.9 Å². The van der Waals surface area contributed by atoms with Crippen LogP contribution < -0.4 is 0 Å². The highest BCUT2D eigenvalue weighted by Crippen LogP contribution is 2.21. The summed E-state index contributed by atoms with van der Waals surface area (Å²) in [6.45, 7) is 3.98. The van der Waals surface area contributed by atoms with Crippen LogP contribution in [0.5, 0.6) is 0 Å². The predicted octanol–water partition coefficient (Wildman–Crippen LogP) is 3.97. The molecule has 0 aliphatic rings. The zero-order valence-corrected chi connectivity index (χ0v) is 11.9. The molecule has 0 saturated heterocycles. The fraction of sp³-hybridized carbons (Fsp3) is 0.235. The maximum atomic E-state index is 13.2. The highest BCUT2D eigenvalue weighted by molar-refractivity contribution is 5.94. The summed E-state index contributed by atoms with van der Waals surface area (Å²) < 4.78 is 13.2. The van der Waals surface area contributed by atoms with Gasteiger partial charge in [0.2, 0.25) is 0 Å². The number of aryl methyl sites for hydroxylation is 1. The SMILES string of the molecule is Cc1ccc(C(C)N(C)C(=O)c2cccc(F)c2)cc1. The van der Waals surface area contributed by atoms with Crippen LogP contribution in [0.1, 0.15) is 34.5 Å². The molecule has 0 aliphatic carbocycles. The van der Waals surface area contributed by atoms with Gasteiger partial charge < -0.3 is 4.90 Å². The minimum Gasteiger partial charge on any atom is -0.335 e. The first-order valence-corrected chi connectivity index (χ1v) is 6.58. The van der Waals surface area contributed by atoms with Crippen molar-refractivity contribution in [1.29, 1.82) is 0 Å². The zero-order chi connectivity index (χ0) is 14.7. The van der Waals surface area contributed by atoms with Gasteiger partial charge in [0.15, 0.2) is 0 Å². The monoisotopic (exact) mass is 271 g/mol. The zero-order valence-electron chi connectivity index (χ0n) is 11.9. The number of carbonyl (C=O) groups excluding carboxylic acids is 1. The third-order valence-electron chi connectivity index (χ3n) is 3.53. The van der Waals surface area contributed by atoms with E-state index in [1.165, 1.54) is 17.7 Å². The van der Waals surface area contributed by atoms with Crippen molar-refractivity contribution in [2.75, 3.05) is 7.05 Å². The van der Waals surface area contributed by atoms with Crippen molar-refractivity contribution in [3.63, 3.8) is 0 Å². The number of halogens is 1.